The van der Waals surface area contributed by atoms with Crippen molar-refractivity contribution in [3.63, 3.8) is 0 Å². The Morgan fingerprint density at radius 1 is 1.19 bits per heavy atom. The number of nitrogens with one attached hydrogen (secondary N) is 1. The van der Waals surface area contributed by atoms with Gasteiger partial charge in [0.2, 0.25) is 5.91 Å². The Morgan fingerprint density at radius 2 is 1.81 bits per heavy atom. The summed E-state index contributed by atoms with van der Waals surface area (Å²) in [6.07, 6.45) is 4.70. The minimum atomic E-state index is -0.603. The maximum absolute atomic E-state index is 12.8. The minimum Gasteiger partial charge on any atom is -0.400 e. The van der Waals surface area contributed by atoms with Crippen molar-refractivity contribution in [2.75, 3.05) is 6.26 Å². The summed E-state index contributed by atoms with van der Waals surface area (Å²) in [6.45, 7) is 10.6. The van der Waals surface area contributed by atoms with Crippen molar-refractivity contribution in [2.24, 2.45) is 23.2 Å². The van der Waals surface area contributed by atoms with Gasteiger partial charge in [-0.3, -0.25) is 9.59 Å². The van der Waals surface area contributed by atoms with E-state index in [4.69, 9.17) is 8.85 Å². The fourth-order valence-corrected chi connectivity index (χ4v) is 7.06. The van der Waals surface area contributed by atoms with Crippen molar-refractivity contribution in [1.82, 2.24) is 5.32 Å². The van der Waals surface area contributed by atoms with E-state index >= 15 is 0 Å². The van der Waals surface area contributed by atoms with Gasteiger partial charge in [-0.25, -0.2) is 0 Å². The molecular formula is C18H35NO4SSi2. The van der Waals surface area contributed by atoms with Crippen molar-refractivity contribution >= 4 is 43.0 Å². The standard InChI is InChI=1S/C18H35NO4SSi2/c1-10(18(2,3)17(22-25-5)23-26-6)13-14(19-16(13)21)11-8-7-9-12(24-4)15(11)20/h10-14,17H,7-9,25-26H2,1-6H3,(H,19,21)/t10-,11+,12+,13+,14-/m1/s1. The Morgan fingerprint density at radius 3 is 2.31 bits per heavy atom. The third-order valence-electron chi connectivity index (χ3n) is 6.34. The van der Waals surface area contributed by atoms with Crippen molar-refractivity contribution in [1.29, 1.82) is 0 Å². The van der Waals surface area contributed by atoms with Crippen LogP contribution in [0.5, 0.6) is 0 Å². The summed E-state index contributed by atoms with van der Waals surface area (Å²) in [5.41, 5.74) is -0.261. The number of β-lactam (4-membered cyclic amide) rings is 1. The van der Waals surface area contributed by atoms with Gasteiger partial charge in [-0.2, -0.15) is 11.8 Å². The van der Waals surface area contributed by atoms with E-state index in [2.05, 4.69) is 39.2 Å². The first-order valence-corrected chi connectivity index (χ1v) is 15.2. The van der Waals surface area contributed by atoms with E-state index < -0.39 is 19.5 Å². The van der Waals surface area contributed by atoms with E-state index in [1.807, 2.05) is 6.26 Å². The lowest BCUT2D eigenvalue weighted by molar-refractivity contribution is -0.156. The van der Waals surface area contributed by atoms with Gasteiger partial charge in [0.05, 0.1) is 17.2 Å². The molecule has 2 aliphatic rings. The molecule has 1 amide bonds. The molecule has 0 unspecified atom stereocenters. The Hall–Kier alpha value is -0.156. The SMILES string of the molecule is C[SiH2]OC(O[SiH2]C)C(C)(C)[C@H](C)[C@@H]1C(=O)N[C@@H]1[C@@H]1CCC[C@H](SC)C1=O. The molecule has 0 bridgehead atoms. The molecule has 0 spiro atoms. The summed E-state index contributed by atoms with van der Waals surface area (Å²) in [6, 6.07) is -0.0300. The molecule has 0 radical (unpaired) electrons. The Labute approximate surface area is 167 Å². The molecule has 1 N–H and O–H groups in total. The highest BCUT2D eigenvalue weighted by Gasteiger charge is 2.54. The number of hydrogen-bond acceptors (Lipinski definition) is 5. The van der Waals surface area contributed by atoms with Crippen LogP contribution in [-0.4, -0.2) is 55.1 Å². The van der Waals surface area contributed by atoms with E-state index in [0.717, 1.165) is 19.3 Å². The van der Waals surface area contributed by atoms with E-state index in [-0.39, 0.29) is 46.7 Å². The first-order chi connectivity index (χ1) is 12.3. The predicted molar refractivity (Wildman–Crippen MR) is 113 cm³/mol. The number of ketones is 1. The fraction of sp³-hybridized carbons (Fsp3) is 0.889. The second-order valence-electron chi connectivity index (χ2n) is 8.08. The second kappa shape index (κ2) is 9.36. The van der Waals surface area contributed by atoms with Crippen LogP contribution >= 0.6 is 11.8 Å². The van der Waals surface area contributed by atoms with Crippen LogP contribution in [0.3, 0.4) is 0 Å². The molecule has 26 heavy (non-hydrogen) atoms. The molecule has 1 saturated carbocycles. The van der Waals surface area contributed by atoms with Crippen molar-refractivity contribution < 1.29 is 18.4 Å². The van der Waals surface area contributed by atoms with Gasteiger partial charge >= 0.3 is 0 Å². The van der Waals surface area contributed by atoms with Gasteiger partial charge < -0.3 is 14.2 Å². The van der Waals surface area contributed by atoms with Crippen LogP contribution < -0.4 is 5.32 Å². The highest BCUT2D eigenvalue weighted by Crippen LogP contribution is 2.45. The molecule has 0 aromatic heterocycles. The number of hydrogen-bond donors (Lipinski definition) is 1. The lowest BCUT2D eigenvalue weighted by Gasteiger charge is -2.51. The summed E-state index contributed by atoms with van der Waals surface area (Å²) in [4.78, 5) is 25.3. The zero-order chi connectivity index (χ0) is 19.5. The Bertz CT molecular complexity index is 513. The molecule has 5 nitrogen and oxygen atoms in total. The largest absolute Gasteiger partial charge is 0.400 e. The van der Waals surface area contributed by atoms with Gasteiger partial charge in [0, 0.05) is 11.3 Å². The van der Waals surface area contributed by atoms with E-state index in [1.54, 1.807) is 11.8 Å². The zero-order valence-corrected chi connectivity index (χ0v) is 20.7. The smallest absolute Gasteiger partial charge is 0.225 e. The van der Waals surface area contributed by atoms with Crippen LogP contribution in [-0.2, 0) is 18.4 Å². The number of Topliss-reactive ketones (excluding diaryl/α,β-unsaturated/α-hetero) is 1. The minimum absolute atomic E-state index is 0.0300. The first kappa shape index (κ1) is 22.1. The average molecular weight is 418 g/mol. The van der Waals surface area contributed by atoms with Gasteiger partial charge in [0.1, 0.15) is 6.29 Å². The van der Waals surface area contributed by atoms with Crippen LogP contribution in [0.15, 0.2) is 0 Å². The van der Waals surface area contributed by atoms with Crippen molar-refractivity contribution in [3.8, 4) is 0 Å². The summed E-state index contributed by atoms with van der Waals surface area (Å²) >= 11 is 1.65. The predicted octanol–water partition coefficient (Wildman–Crippen LogP) is 1.49. The molecule has 5 atom stereocenters. The molecule has 1 heterocycles. The van der Waals surface area contributed by atoms with Crippen molar-refractivity contribution in [2.45, 2.75) is 70.7 Å². The average Bonchev–Trinajstić information content (AvgIpc) is 2.59. The van der Waals surface area contributed by atoms with Crippen LogP contribution in [0.4, 0.5) is 0 Å². The molecule has 0 aromatic carbocycles. The van der Waals surface area contributed by atoms with Crippen LogP contribution in [0, 0.1) is 23.2 Å². The number of thioether (sulfide) groups is 1. The van der Waals surface area contributed by atoms with E-state index in [0.29, 0.717) is 5.78 Å². The Balaban J connectivity index is 2.16. The summed E-state index contributed by atoms with van der Waals surface area (Å²) in [5.74, 6) is 0.329. The normalized spacial score (nSPS) is 32.8. The number of carbonyl (C=O) groups is 2. The van der Waals surface area contributed by atoms with Gasteiger partial charge in [0.15, 0.2) is 25.3 Å². The first-order valence-electron chi connectivity index (χ1n) is 9.89. The molecule has 150 valence electrons. The van der Waals surface area contributed by atoms with E-state index in [1.165, 1.54) is 0 Å². The van der Waals surface area contributed by atoms with Crippen LogP contribution in [0.25, 0.3) is 0 Å². The molecule has 1 aliphatic carbocycles. The van der Waals surface area contributed by atoms with Gasteiger partial charge in [-0.05, 0) is 25.0 Å². The van der Waals surface area contributed by atoms with Crippen LogP contribution in [0.2, 0.25) is 13.1 Å². The monoisotopic (exact) mass is 417 g/mol. The second-order valence-corrected chi connectivity index (χ2v) is 10.9. The lowest BCUT2D eigenvalue weighted by atomic mass is 9.62. The number of rotatable bonds is 9. The van der Waals surface area contributed by atoms with Gasteiger partial charge in [-0.1, -0.05) is 40.3 Å². The molecule has 8 heteroatoms. The Kier molecular flexibility index (Phi) is 7.97. The van der Waals surface area contributed by atoms with Crippen LogP contribution in [0.1, 0.15) is 40.0 Å². The molecule has 2 fully saturated rings. The van der Waals surface area contributed by atoms with Gasteiger partial charge in [-0.15, -0.1) is 0 Å². The number of carbonyl (C=O) groups excluding carboxylic acids is 2. The summed E-state index contributed by atoms with van der Waals surface area (Å²) < 4.78 is 12.0. The maximum Gasteiger partial charge on any atom is 0.225 e. The lowest BCUT2D eigenvalue weighted by Crippen LogP contribution is -2.67. The molecule has 0 aromatic rings. The molecular weight excluding hydrogens is 382 g/mol. The molecule has 2 rings (SSSR count). The third-order valence-corrected chi connectivity index (χ3v) is 8.65. The fourth-order valence-electron chi connectivity index (χ4n) is 4.40. The molecule has 1 saturated heterocycles. The maximum atomic E-state index is 12.8. The summed E-state index contributed by atoms with van der Waals surface area (Å²) in [5, 5.41) is 3.15. The van der Waals surface area contributed by atoms with E-state index in [9.17, 15) is 9.59 Å². The topological polar surface area (TPSA) is 64.6 Å². The van der Waals surface area contributed by atoms with Crippen molar-refractivity contribution in [3.05, 3.63) is 0 Å². The molecule has 1 aliphatic heterocycles. The number of amides is 1. The quantitative estimate of drug-likeness (QED) is 0.350. The highest BCUT2D eigenvalue weighted by atomic mass is 32.2. The summed E-state index contributed by atoms with van der Waals surface area (Å²) in [7, 11) is -1.21. The third kappa shape index (κ3) is 4.29. The van der Waals surface area contributed by atoms with Gasteiger partial charge in [0.25, 0.3) is 0 Å². The highest BCUT2D eigenvalue weighted by molar-refractivity contribution is 7.99. The zero-order valence-electron chi connectivity index (χ0n) is 17.0.